The highest BCUT2D eigenvalue weighted by Crippen LogP contribution is 2.34. The fourth-order valence-corrected chi connectivity index (χ4v) is 4.06. The fraction of sp³-hybridized carbons (Fsp3) is 0.381. The number of carbonyl (C=O) groups is 2. The lowest BCUT2D eigenvalue weighted by atomic mass is 9.85. The van der Waals surface area contributed by atoms with E-state index >= 15 is 0 Å². The molecule has 0 N–H and O–H groups in total. The summed E-state index contributed by atoms with van der Waals surface area (Å²) in [5, 5.41) is 0. The summed E-state index contributed by atoms with van der Waals surface area (Å²) >= 11 is 0. The van der Waals surface area contributed by atoms with Gasteiger partial charge in [0.1, 0.15) is 17.9 Å². The molecule has 2 aromatic rings. The van der Waals surface area contributed by atoms with Crippen LogP contribution in [0.15, 0.2) is 54.7 Å². The van der Waals surface area contributed by atoms with Crippen molar-refractivity contribution in [3.63, 3.8) is 0 Å². The molecule has 2 aliphatic rings. The molecule has 0 radical (unpaired) electrons. The van der Waals surface area contributed by atoms with E-state index in [1.54, 1.807) is 23.2 Å². The van der Waals surface area contributed by atoms with Crippen LogP contribution < -0.4 is 0 Å². The topological polar surface area (TPSA) is 62.7 Å². The Bertz CT molecular complexity index is 827. The summed E-state index contributed by atoms with van der Waals surface area (Å²) in [6.07, 6.45) is 2.31. The first-order chi connectivity index (χ1) is 13.1. The molecule has 0 saturated carbocycles. The number of likely N-dealkylation sites (tertiary alicyclic amines) is 1. The van der Waals surface area contributed by atoms with Crippen LogP contribution in [-0.4, -0.2) is 57.9 Å². The molecule has 4 rings (SSSR count). The van der Waals surface area contributed by atoms with E-state index in [0.29, 0.717) is 31.7 Å². The first-order valence-electron chi connectivity index (χ1n) is 9.24. The van der Waals surface area contributed by atoms with Crippen LogP contribution in [0, 0.1) is 0 Å². The second-order valence-electron chi connectivity index (χ2n) is 7.35. The molecule has 0 unspecified atom stereocenters. The maximum Gasteiger partial charge on any atom is 0.272 e. The van der Waals surface area contributed by atoms with Crippen LogP contribution in [-0.2, 0) is 16.1 Å². The lowest BCUT2D eigenvalue weighted by Crippen LogP contribution is -2.67. The number of benzene rings is 1. The van der Waals surface area contributed by atoms with E-state index in [1.807, 2.05) is 48.2 Å². The zero-order chi connectivity index (χ0) is 18.9. The summed E-state index contributed by atoms with van der Waals surface area (Å²) in [5.41, 5.74) is 0.959. The third-order valence-corrected chi connectivity index (χ3v) is 5.47. The number of hydrogen-bond acceptors (Lipinski definition) is 4. The Kier molecular flexibility index (Phi) is 4.66. The first-order valence-corrected chi connectivity index (χ1v) is 9.24. The Morgan fingerprint density at radius 1 is 1.22 bits per heavy atom. The van der Waals surface area contributed by atoms with Gasteiger partial charge in [-0.2, -0.15) is 0 Å². The van der Waals surface area contributed by atoms with Crippen LogP contribution in [0.1, 0.15) is 29.4 Å². The molecule has 2 aliphatic heterocycles. The van der Waals surface area contributed by atoms with Crippen molar-refractivity contribution in [1.82, 2.24) is 14.8 Å². The average Bonchev–Trinajstić information content (AvgIpc) is 2.71. The van der Waals surface area contributed by atoms with E-state index in [4.69, 9.17) is 4.74 Å². The summed E-state index contributed by atoms with van der Waals surface area (Å²) in [7, 11) is 0. The Labute approximate surface area is 158 Å². The van der Waals surface area contributed by atoms with Crippen molar-refractivity contribution in [1.29, 1.82) is 0 Å². The SMILES string of the molecule is C[C@@]12CN(C(=O)c3ccccn3)CC[C@H]1N(Cc1ccccc1)C(=O)CO2. The van der Waals surface area contributed by atoms with Gasteiger partial charge in [0.05, 0.1) is 12.6 Å². The standard InChI is InChI=1S/C21H23N3O3/c1-21-15-23(20(26)17-9-5-6-11-22-17)12-10-18(21)24(19(25)14-27-21)13-16-7-3-2-4-8-16/h2-9,11,18H,10,12-15H2,1H3/t18-,21-/m1/s1. The number of piperidine rings is 1. The van der Waals surface area contributed by atoms with Crippen molar-refractivity contribution in [2.75, 3.05) is 19.7 Å². The number of nitrogens with zero attached hydrogens (tertiary/aromatic N) is 3. The third kappa shape index (κ3) is 3.45. The molecule has 6 heteroatoms. The van der Waals surface area contributed by atoms with Crippen molar-refractivity contribution in [2.45, 2.75) is 31.5 Å². The molecule has 1 aromatic heterocycles. The van der Waals surface area contributed by atoms with Crippen molar-refractivity contribution in [2.24, 2.45) is 0 Å². The van der Waals surface area contributed by atoms with E-state index in [2.05, 4.69) is 4.98 Å². The molecule has 0 bridgehead atoms. The highest BCUT2D eigenvalue weighted by Gasteiger charge is 2.49. The molecule has 2 atom stereocenters. The van der Waals surface area contributed by atoms with Gasteiger partial charge in [-0.1, -0.05) is 36.4 Å². The molecule has 0 spiro atoms. The van der Waals surface area contributed by atoms with Crippen molar-refractivity contribution in [3.05, 3.63) is 66.0 Å². The van der Waals surface area contributed by atoms with Gasteiger partial charge in [-0.15, -0.1) is 0 Å². The molecule has 2 fully saturated rings. The van der Waals surface area contributed by atoms with E-state index in [1.165, 1.54) is 0 Å². The predicted octanol–water partition coefficient (Wildman–Crippen LogP) is 2.11. The predicted molar refractivity (Wildman–Crippen MR) is 99.9 cm³/mol. The van der Waals surface area contributed by atoms with Gasteiger partial charge in [0.25, 0.3) is 5.91 Å². The molecule has 27 heavy (non-hydrogen) atoms. The largest absolute Gasteiger partial charge is 0.361 e. The van der Waals surface area contributed by atoms with Crippen molar-refractivity contribution < 1.29 is 14.3 Å². The Morgan fingerprint density at radius 2 is 2.00 bits per heavy atom. The Hall–Kier alpha value is -2.73. The highest BCUT2D eigenvalue weighted by atomic mass is 16.5. The lowest BCUT2D eigenvalue weighted by molar-refractivity contribution is -0.186. The number of rotatable bonds is 3. The zero-order valence-corrected chi connectivity index (χ0v) is 15.4. The monoisotopic (exact) mass is 365 g/mol. The second kappa shape index (κ2) is 7.12. The fourth-order valence-electron chi connectivity index (χ4n) is 4.06. The van der Waals surface area contributed by atoms with Gasteiger partial charge in [-0.3, -0.25) is 14.6 Å². The van der Waals surface area contributed by atoms with Gasteiger partial charge in [-0.25, -0.2) is 0 Å². The van der Waals surface area contributed by atoms with E-state index < -0.39 is 5.60 Å². The summed E-state index contributed by atoms with van der Waals surface area (Å²) in [6, 6.07) is 15.3. The van der Waals surface area contributed by atoms with Crippen molar-refractivity contribution >= 4 is 11.8 Å². The summed E-state index contributed by atoms with van der Waals surface area (Å²) in [4.78, 5) is 33.2. The quantitative estimate of drug-likeness (QED) is 0.836. The van der Waals surface area contributed by atoms with Crippen LogP contribution in [0.2, 0.25) is 0 Å². The molecule has 2 amide bonds. The van der Waals surface area contributed by atoms with Gasteiger partial charge in [-0.05, 0) is 31.0 Å². The van der Waals surface area contributed by atoms with Gasteiger partial charge >= 0.3 is 0 Å². The van der Waals surface area contributed by atoms with E-state index in [-0.39, 0.29) is 24.5 Å². The van der Waals surface area contributed by atoms with Gasteiger partial charge in [0.2, 0.25) is 5.91 Å². The smallest absolute Gasteiger partial charge is 0.272 e. The molecule has 2 saturated heterocycles. The molecule has 1 aromatic carbocycles. The minimum atomic E-state index is -0.578. The summed E-state index contributed by atoms with van der Waals surface area (Å²) in [5.74, 6) is -0.0868. The molecule has 3 heterocycles. The molecule has 140 valence electrons. The molecular formula is C21H23N3O3. The minimum absolute atomic E-state index is 0.00540. The molecule has 6 nitrogen and oxygen atoms in total. The normalized spacial score (nSPS) is 25.2. The van der Waals surface area contributed by atoms with Gasteiger partial charge in [0, 0.05) is 19.3 Å². The second-order valence-corrected chi connectivity index (χ2v) is 7.35. The van der Waals surface area contributed by atoms with Crippen LogP contribution in [0.5, 0.6) is 0 Å². The van der Waals surface area contributed by atoms with Crippen LogP contribution in [0.4, 0.5) is 0 Å². The number of ether oxygens (including phenoxy) is 1. The number of morpholine rings is 1. The number of pyridine rings is 1. The number of fused-ring (bicyclic) bond motifs is 1. The summed E-state index contributed by atoms with van der Waals surface area (Å²) in [6.45, 7) is 3.64. The van der Waals surface area contributed by atoms with Crippen LogP contribution in [0.3, 0.4) is 0 Å². The number of hydrogen-bond donors (Lipinski definition) is 0. The first kappa shape index (κ1) is 17.7. The van der Waals surface area contributed by atoms with E-state index in [0.717, 1.165) is 5.56 Å². The lowest BCUT2D eigenvalue weighted by Gasteiger charge is -2.52. The van der Waals surface area contributed by atoms with Gasteiger partial charge < -0.3 is 14.5 Å². The third-order valence-electron chi connectivity index (χ3n) is 5.47. The minimum Gasteiger partial charge on any atom is -0.361 e. The number of aromatic nitrogens is 1. The maximum absolute atomic E-state index is 12.8. The highest BCUT2D eigenvalue weighted by molar-refractivity contribution is 5.92. The molecule has 0 aliphatic carbocycles. The Balaban J connectivity index is 1.53. The van der Waals surface area contributed by atoms with Crippen LogP contribution >= 0.6 is 0 Å². The molecular weight excluding hydrogens is 342 g/mol. The maximum atomic E-state index is 12.8. The number of amides is 2. The Morgan fingerprint density at radius 3 is 2.74 bits per heavy atom. The van der Waals surface area contributed by atoms with Crippen LogP contribution in [0.25, 0.3) is 0 Å². The zero-order valence-electron chi connectivity index (χ0n) is 15.4. The number of carbonyl (C=O) groups excluding carboxylic acids is 2. The summed E-state index contributed by atoms with van der Waals surface area (Å²) < 4.78 is 5.96. The van der Waals surface area contributed by atoms with Gasteiger partial charge in [0.15, 0.2) is 0 Å². The average molecular weight is 365 g/mol. The van der Waals surface area contributed by atoms with Crippen molar-refractivity contribution in [3.8, 4) is 0 Å². The van der Waals surface area contributed by atoms with E-state index in [9.17, 15) is 9.59 Å².